The molecule has 0 aromatic heterocycles. The van der Waals surface area contributed by atoms with Crippen LogP contribution in [0.2, 0.25) is 0 Å². The Kier molecular flexibility index (Phi) is 4.50. The fourth-order valence-electron chi connectivity index (χ4n) is 1.85. The standard InChI is InChI=1S/C10H19ClO2/c1-9(3-5-12-2)10(7-11)4-6-13-8-10/h9H,3-8H2,1-2H3. The smallest absolute Gasteiger partial charge is 0.0537 e. The van der Waals surface area contributed by atoms with E-state index < -0.39 is 0 Å². The van der Waals surface area contributed by atoms with E-state index in [0.29, 0.717) is 11.8 Å². The SMILES string of the molecule is COCCC(C)C1(CCl)CCOC1. The number of ether oxygens (including phenoxy) is 2. The first-order chi connectivity index (χ1) is 6.25. The van der Waals surface area contributed by atoms with Crippen molar-refractivity contribution in [3.8, 4) is 0 Å². The molecule has 0 N–H and O–H groups in total. The van der Waals surface area contributed by atoms with Crippen LogP contribution in [0, 0.1) is 11.3 Å². The van der Waals surface area contributed by atoms with Gasteiger partial charge in [0.2, 0.25) is 0 Å². The highest BCUT2D eigenvalue weighted by Gasteiger charge is 2.38. The van der Waals surface area contributed by atoms with Crippen molar-refractivity contribution < 1.29 is 9.47 Å². The molecule has 0 aromatic rings. The summed E-state index contributed by atoms with van der Waals surface area (Å²) in [5.41, 5.74) is 0.208. The predicted octanol–water partition coefficient (Wildman–Crippen LogP) is 2.30. The van der Waals surface area contributed by atoms with Crippen molar-refractivity contribution in [1.82, 2.24) is 0 Å². The Hall–Kier alpha value is 0.210. The Morgan fingerprint density at radius 2 is 2.38 bits per heavy atom. The highest BCUT2D eigenvalue weighted by atomic mass is 35.5. The maximum atomic E-state index is 6.02. The molecule has 78 valence electrons. The van der Waals surface area contributed by atoms with Crippen molar-refractivity contribution in [2.45, 2.75) is 19.8 Å². The first-order valence-electron chi connectivity index (χ1n) is 4.88. The molecule has 1 aliphatic rings. The second kappa shape index (κ2) is 5.18. The van der Waals surface area contributed by atoms with E-state index in [1.807, 2.05) is 0 Å². The molecular formula is C10H19ClO2. The van der Waals surface area contributed by atoms with Crippen molar-refractivity contribution in [3.05, 3.63) is 0 Å². The maximum absolute atomic E-state index is 6.02. The summed E-state index contributed by atoms with van der Waals surface area (Å²) >= 11 is 6.02. The van der Waals surface area contributed by atoms with Gasteiger partial charge in [-0.3, -0.25) is 0 Å². The van der Waals surface area contributed by atoms with Crippen molar-refractivity contribution in [2.75, 3.05) is 32.8 Å². The Labute approximate surface area is 85.5 Å². The van der Waals surface area contributed by atoms with Gasteiger partial charge >= 0.3 is 0 Å². The van der Waals surface area contributed by atoms with Crippen molar-refractivity contribution >= 4 is 11.6 Å². The van der Waals surface area contributed by atoms with Crippen LogP contribution in [-0.4, -0.2) is 32.8 Å². The predicted molar refractivity (Wildman–Crippen MR) is 54.2 cm³/mol. The lowest BCUT2D eigenvalue weighted by Gasteiger charge is -2.31. The number of halogens is 1. The van der Waals surface area contributed by atoms with E-state index in [1.54, 1.807) is 7.11 Å². The molecule has 1 heterocycles. The van der Waals surface area contributed by atoms with Gasteiger partial charge in [0.05, 0.1) is 6.61 Å². The van der Waals surface area contributed by atoms with E-state index in [9.17, 15) is 0 Å². The number of hydrogen-bond donors (Lipinski definition) is 0. The second-order valence-corrected chi connectivity index (χ2v) is 4.25. The molecule has 0 amide bonds. The molecule has 0 aliphatic carbocycles. The van der Waals surface area contributed by atoms with Gasteiger partial charge in [-0.05, 0) is 18.8 Å². The summed E-state index contributed by atoms with van der Waals surface area (Å²) in [5, 5.41) is 0. The maximum Gasteiger partial charge on any atom is 0.0537 e. The number of hydrogen-bond acceptors (Lipinski definition) is 2. The summed E-state index contributed by atoms with van der Waals surface area (Å²) in [4.78, 5) is 0. The molecular weight excluding hydrogens is 188 g/mol. The molecule has 0 radical (unpaired) electrons. The Morgan fingerprint density at radius 1 is 1.62 bits per heavy atom. The normalized spacial score (nSPS) is 30.7. The number of alkyl halides is 1. The fourth-order valence-corrected chi connectivity index (χ4v) is 2.32. The van der Waals surface area contributed by atoms with E-state index in [-0.39, 0.29) is 5.41 Å². The first kappa shape index (κ1) is 11.3. The first-order valence-corrected chi connectivity index (χ1v) is 5.41. The molecule has 1 fully saturated rings. The van der Waals surface area contributed by atoms with Crippen molar-refractivity contribution in [3.63, 3.8) is 0 Å². The summed E-state index contributed by atoms with van der Waals surface area (Å²) in [7, 11) is 1.74. The van der Waals surface area contributed by atoms with E-state index in [4.69, 9.17) is 21.1 Å². The highest BCUT2D eigenvalue weighted by molar-refractivity contribution is 6.18. The topological polar surface area (TPSA) is 18.5 Å². The third-order valence-corrected chi connectivity index (χ3v) is 3.73. The van der Waals surface area contributed by atoms with Crippen LogP contribution in [0.1, 0.15) is 19.8 Å². The molecule has 13 heavy (non-hydrogen) atoms. The summed E-state index contributed by atoms with van der Waals surface area (Å²) in [6, 6.07) is 0. The lowest BCUT2D eigenvalue weighted by Crippen LogP contribution is -2.32. The molecule has 1 rings (SSSR count). The molecule has 2 nitrogen and oxygen atoms in total. The third-order valence-electron chi connectivity index (χ3n) is 3.20. The molecule has 0 aromatic carbocycles. The Balaban J connectivity index is 2.44. The molecule has 2 unspecified atom stereocenters. The van der Waals surface area contributed by atoms with Gasteiger partial charge in [0, 0.05) is 31.6 Å². The van der Waals surface area contributed by atoms with E-state index in [1.165, 1.54) is 0 Å². The van der Waals surface area contributed by atoms with Gasteiger partial charge in [-0.15, -0.1) is 11.6 Å². The van der Waals surface area contributed by atoms with E-state index >= 15 is 0 Å². The zero-order valence-electron chi connectivity index (χ0n) is 8.51. The quantitative estimate of drug-likeness (QED) is 0.643. The minimum atomic E-state index is 0.208. The molecule has 1 saturated heterocycles. The van der Waals surface area contributed by atoms with Crippen LogP contribution in [0.25, 0.3) is 0 Å². The fraction of sp³-hybridized carbons (Fsp3) is 1.00. The van der Waals surface area contributed by atoms with Gasteiger partial charge in [0.15, 0.2) is 0 Å². The average molecular weight is 207 g/mol. The molecule has 1 aliphatic heterocycles. The largest absolute Gasteiger partial charge is 0.385 e. The summed E-state index contributed by atoms with van der Waals surface area (Å²) in [5.74, 6) is 1.30. The van der Waals surface area contributed by atoms with Gasteiger partial charge < -0.3 is 9.47 Å². The van der Waals surface area contributed by atoms with Crippen LogP contribution in [0.15, 0.2) is 0 Å². The van der Waals surface area contributed by atoms with E-state index in [2.05, 4.69) is 6.92 Å². The van der Waals surface area contributed by atoms with Crippen LogP contribution in [0.4, 0.5) is 0 Å². The molecule has 0 spiro atoms. The average Bonchev–Trinajstić information content (AvgIpc) is 2.63. The second-order valence-electron chi connectivity index (χ2n) is 3.98. The highest BCUT2D eigenvalue weighted by Crippen LogP contribution is 2.39. The summed E-state index contributed by atoms with van der Waals surface area (Å²) < 4.78 is 10.5. The molecule has 3 heteroatoms. The lowest BCUT2D eigenvalue weighted by atomic mass is 9.76. The molecule has 0 saturated carbocycles. The van der Waals surface area contributed by atoms with Gasteiger partial charge in [-0.2, -0.15) is 0 Å². The van der Waals surface area contributed by atoms with Gasteiger partial charge in [0.1, 0.15) is 0 Å². The van der Waals surface area contributed by atoms with Crippen LogP contribution in [0.3, 0.4) is 0 Å². The zero-order chi connectivity index (χ0) is 9.73. The number of rotatable bonds is 5. The van der Waals surface area contributed by atoms with Gasteiger partial charge in [0.25, 0.3) is 0 Å². The molecule has 2 atom stereocenters. The van der Waals surface area contributed by atoms with Gasteiger partial charge in [-0.25, -0.2) is 0 Å². The summed E-state index contributed by atoms with van der Waals surface area (Å²) in [6.07, 6.45) is 2.17. The van der Waals surface area contributed by atoms with E-state index in [0.717, 1.165) is 32.7 Å². The monoisotopic (exact) mass is 206 g/mol. The minimum Gasteiger partial charge on any atom is -0.385 e. The number of methoxy groups -OCH3 is 1. The summed E-state index contributed by atoms with van der Waals surface area (Å²) in [6.45, 7) is 4.75. The minimum absolute atomic E-state index is 0.208. The van der Waals surface area contributed by atoms with Crippen LogP contribution in [-0.2, 0) is 9.47 Å². The third kappa shape index (κ3) is 2.58. The lowest BCUT2D eigenvalue weighted by molar-refractivity contribution is 0.102. The van der Waals surface area contributed by atoms with Crippen LogP contribution >= 0.6 is 11.6 Å². The van der Waals surface area contributed by atoms with Crippen molar-refractivity contribution in [1.29, 1.82) is 0 Å². The van der Waals surface area contributed by atoms with Gasteiger partial charge in [-0.1, -0.05) is 6.92 Å². The van der Waals surface area contributed by atoms with Crippen LogP contribution < -0.4 is 0 Å². The Bertz CT molecular complexity index is 144. The van der Waals surface area contributed by atoms with Crippen molar-refractivity contribution in [2.24, 2.45) is 11.3 Å². The zero-order valence-corrected chi connectivity index (χ0v) is 9.27. The Morgan fingerprint density at radius 3 is 2.85 bits per heavy atom. The molecule has 0 bridgehead atoms. The van der Waals surface area contributed by atoms with Crippen LogP contribution in [0.5, 0.6) is 0 Å².